The Morgan fingerprint density at radius 1 is 0.933 bits per heavy atom. The Kier molecular flexibility index (Phi) is 10.1. The van der Waals surface area contributed by atoms with Gasteiger partial charge in [-0.1, -0.05) is 12.1 Å². The molecule has 3 fully saturated rings. The number of aliphatic hydroxyl groups excluding tert-OH is 4. The van der Waals surface area contributed by atoms with E-state index in [-0.39, 0.29) is 23.9 Å². The largest absolute Gasteiger partial charge is 0.504 e. The van der Waals surface area contributed by atoms with E-state index in [0.717, 1.165) is 6.08 Å². The summed E-state index contributed by atoms with van der Waals surface area (Å²) in [4.78, 5) is 13.1. The van der Waals surface area contributed by atoms with Gasteiger partial charge in [0.25, 0.3) is 0 Å². The number of carbonyl (C=O) groups is 1. The average molecular weight is 637 g/mol. The van der Waals surface area contributed by atoms with Crippen LogP contribution in [0.3, 0.4) is 0 Å². The van der Waals surface area contributed by atoms with E-state index in [9.17, 15) is 40.5 Å². The zero-order valence-corrected chi connectivity index (χ0v) is 24.3. The van der Waals surface area contributed by atoms with Gasteiger partial charge in [-0.3, -0.25) is 0 Å². The summed E-state index contributed by atoms with van der Waals surface area (Å²) in [6, 6.07) is 8.48. The van der Waals surface area contributed by atoms with Crippen LogP contribution in [0.4, 0.5) is 0 Å². The lowest BCUT2D eigenvalue weighted by Crippen LogP contribution is -2.66. The first-order valence-corrected chi connectivity index (χ1v) is 14.2. The molecule has 11 atom stereocenters. The molecule has 45 heavy (non-hydrogen) atoms. The van der Waals surface area contributed by atoms with Gasteiger partial charge in [0.2, 0.25) is 0 Å². The molecule has 2 aromatic carbocycles. The number of phenolic OH excluding ortho intramolecular Hbond substituents is 3. The molecule has 3 saturated heterocycles. The second kappa shape index (κ2) is 13.9. The van der Waals surface area contributed by atoms with E-state index in [4.69, 9.17) is 33.2 Å². The van der Waals surface area contributed by atoms with Crippen molar-refractivity contribution in [2.75, 3.05) is 20.3 Å². The third kappa shape index (κ3) is 7.01. The lowest BCUT2D eigenvalue weighted by atomic mass is 9.95. The first-order chi connectivity index (χ1) is 21.5. The number of aromatic hydroxyl groups is 3. The van der Waals surface area contributed by atoms with E-state index in [2.05, 4.69) is 0 Å². The molecule has 0 amide bonds. The third-order valence-corrected chi connectivity index (χ3v) is 7.84. The van der Waals surface area contributed by atoms with Crippen LogP contribution in [0.1, 0.15) is 24.2 Å². The van der Waals surface area contributed by atoms with E-state index in [1.165, 1.54) is 56.5 Å². The Balaban J connectivity index is 1.43. The molecule has 5 rings (SSSR count). The van der Waals surface area contributed by atoms with E-state index >= 15 is 0 Å². The lowest BCUT2D eigenvalue weighted by molar-refractivity contribution is -0.384. The standard InChI is InChI=1S/C30H36O15/c1-13-23(36)24(37)25(38)29(41-13)45-27-26(44-22(35)8-4-14-3-6-17(33)19(9-14)39-2)20(11-31)43-30-28(27)42-21(12-40-30)15-5-7-16(32)18(34)10-15/h3-10,13,20-21,23-34,36-38H,11-12H2,1-2H3/b8-4+/t13-,20+,21?,23-,24+,25+,26+,27-,28+,29-,30+/m0/s1. The van der Waals surface area contributed by atoms with Crippen molar-refractivity contribution in [3.8, 4) is 23.0 Å². The highest BCUT2D eigenvalue weighted by atomic mass is 16.8. The van der Waals surface area contributed by atoms with Crippen LogP contribution in [0.2, 0.25) is 0 Å². The minimum absolute atomic E-state index is 0.0654. The van der Waals surface area contributed by atoms with Crippen molar-refractivity contribution >= 4 is 12.0 Å². The van der Waals surface area contributed by atoms with E-state index in [1.54, 1.807) is 0 Å². The van der Waals surface area contributed by atoms with Crippen LogP contribution >= 0.6 is 0 Å². The van der Waals surface area contributed by atoms with Crippen molar-refractivity contribution in [2.45, 2.75) is 74.4 Å². The third-order valence-electron chi connectivity index (χ3n) is 7.84. The summed E-state index contributed by atoms with van der Waals surface area (Å²) in [6.45, 7) is 0.752. The molecule has 3 heterocycles. The van der Waals surface area contributed by atoms with E-state index in [0.29, 0.717) is 11.1 Å². The van der Waals surface area contributed by atoms with Gasteiger partial charge in [-0.2, -0.15) is 0 Å². The molecule has 3 aliphatic heterocycles. The maximum atomic E-state index is 13.1. The second-order valence-electron chi connectivity index (χ2n) is 10.8. The first kappa shape index (κ1) is 32.9. The highest BCUT2D eigenvalue weighted by molar-refractivity contribution is 5.87. The lowest BCUT2D eigenvalue weighted by Gasteiger charge is -2.50. The van der Waals surface area contributed by atoms with Crippen LogP contribution in [0.15, 0.2) is 42.5 Å². The van der Waals surface area contributed by atoms with Gasteiger partial charge in [-0.15, -0.1) is 0 Å². The molecule has 3 aliphatic rings. The molecule has 246 valence electrons. The maximum absolute atomic E-state index is 13.1. The minimum Gasteiger partial charge on any atom is -0.504 e. The van der Waals surface area contributed by atoms with Gasteiger partial charge in [0.15, 0.2) is 41.7 Å². The molecule has 1 unspecified atom stereocenters. The minimum atomic E-state index is -1.72. The van der Waals surface area contributed by atoms with Crippen molar-refractivity contribution in [2.24, 2.45) is 0 Å². The van der Waals surface area contributed by atoms with Gasteiger partial charge in [0.1, 0.15) is 42.7 Å². The van der Waals surface area contributed by atoms with Crippen LogP contribution in [0, 0.1) is 0 Å². The fourth-order valence-electron chi connectivity index (χ4n) is 5.34. The number of hydrogen-bond acceptors (Lipinski definition) is 15. The summed E-state index contributed by atoms with van der Waals surface area (Å²) in [7, 11) is 1.38. The predicted molar refractivity (Wildman–Crippen MR) is 150 cm³/mol. The van der Waals surface area contributed by atoms with Gasteiger partial charge in [0.05, 0.1) is 26.4 Å². The number of methoxy groups -OCH3 is 1. The van der Waals surface area contributed by atoms with Crippen molar-refractivity contribution in [3.63, 3.8) is 0 Å². The Labute approximate surface area is 257 Å². The first-order valence-electron chi connectivity index (χ1n) is 14.2. The van der Waals surface area contributed by atoms with Crippen LogP contribution in [-0.4, -0.2) is 123 Å². The van der Waals surface area contributed by atoms with Crippen molar-refractivity contribution < 1.29 is 73.7 Å². The number of phenols is 3. The number of fused-ring (bicyclic) bond motifs is 1. The van der Waals surface area contributed by atoms with Crippen molar-refractivity contribution in [1.82, 2.24) is 0 Å². The molecule has 15 nitrogen and oxygen atoms in total. The van der Waals surface area contributed by atoms with Gasteiger partial charge in [0, 0.05) is 6.08 Å². The number of esters is 1. The summed E-state index contributed by atoms with van der Waals surface area (Å²) in [5, 5.41) is 71.0. The fraction of sp³-hybridized carbons (Fsp3) is 0.500. The Hall–Kier alpha value is -3.51. The molecule has 0 aliphatic carbocycles. The monoisotopic (exact) mass is 636 g/mol. The van der Waals surface area contributed by atoms with E-state index in [1.807, 2.05) is 0 Å². The van der Waals surface area contributed by atoms with Crippen LogP contribution in [-0.2, 0) is 33.2 Å². The zero-order valence-electron chi connectivity index (χ0n) is 24.3. The van der Waals surface area contributed by atoms with Gasteiger partial charge >= 0.3 is 5.97 Å². The molecule has 0 bridgehead atoms. The summed E-state index contributed by atoms with van der Waals surface area (Å²) < 4.78 is 40.6. The number of benzene rings is 2. The predicted octanol–water partition coefficient (Wildman–Crippen LogP) is -0.176. The average Bonchev–Trinajstić information content (AvgIpc) is 3.03. The Bertz CT molecular complexity index is 1370. The van der Waals surface area contributed by atoms with Gasteiger partial charge in [-0.25, -0.2) is 4.79 Å². The van der Waals surface area contributed by atoms with Crippen molar-refractivity contribution in [1.29, 1.82) is 0 Å². The second-order valence-corrected chi connectivity index (χ2v) is 10.8. The molecule has 2 aromatic rings. The summed E-state index contributed by atoms with van der Waals surface area (Å²) >= 11 is 0. The Morgan fingerprint density at radius 2 is 1.69 bits per heavy atom. The molecule has 0 spiro atoms. The molecule has 0 saturated carbocycles. The van der Waals surface area contributed by atoms with Crippen LogP contribution in [0.25, 0.3) is 6.08 Å². The SMILES string of the molecule is COc1cc(/C=C/C(=O)O[C@H]2[C@H](O[C@@H]3O[C@@H](C)[C@H](O)[C@@H](O)[C@H]3O)[C@H]3OC(c4ccc(O)c(O)c4)CO[C@@H]3O[C@@H]2CO)ccc1O. The highest BCUT2D eigenvalue weighted by Gasteiger charge is 2.55. The molecule has 0 aromatic heterocycles. The quantitative estimate of drug-likeness (QED) is 0.113. The maximum Gasteiger partial charge on any atom is 0.331 e. The molecule has 7 N–H and O–H groups in total. The van der Waals surface area contributed by atoms with Crippen LogP contribution in [0.5, 0.6) is 23.0 Å². The molecule has 0 radical (unpaired) electrons. The van der Waals surface area contributed by atoms with Crippen molar-refractivity contribution in [3.05, 3.63) is 53.6 Å². The molecular weight excluding hydrogens is 600 g/mol. The van der Waals surface area contributed by atoms with Crippen LogP contribution < -0.4 is 4.74 Å². The topological polar surface area (TPSA) is 223 Å². The summed E-state index contributed by atoms with van der Waals surface area (Å²) in [5.41, 5.74) is 0.922. The number of hydrogen-bond donors (Lipinski definition) is 7. The number of carbonyl (C=O) groups excluding carboxylic acids is 1. The number of rotatable bonds is 8. The molecule has 15 heteroatoms. The zero-order chi connectivity index (χ0) is 32.4. The normalized spacial score (nSPS) is 35.1. The fourth-order valence-corrected chi connectivity index (χ4v) is 5.34. The number of ether oxygens (including phenoxy) is 7. The smallest absolute Gasteiger partial charge is 0.331 e. The molecular formula is C30H36O15. The van der Waals surface area contributed by atoms with E-state index < -0.39 is 85.8 Å². The summed E-state index contributed by atoms with van der Waals surface area (Å²) in [6.07, 6.45) is -11.8. The highest BCUT2D eigenvalue weighted by Crippen LogP contribution is 2.39. The van der Waals surface area contributed by atoms with Gasteiger partial charge in [-0.05, 0) is 48.4 Å². The Morgan fingerprint density at radius 3 is 2.40 bits per heavy atom. The van der Waals surface area contributed by atoms with Gasteiger partial charge < -0.3 is 68.9 Å². The summed E-state index contributed by atoms with van der Waals surface area (Å²) in [5.74, 6) is -1.52. The number of aliphatic hydroxyl groups is 4.